The van der Waals surface area contributed by atoms with Crippen molar-refractivity contribution in [3.8, 4) is 0 Å². The van der Waals surface area contributed by atoms with Gasteiger partial charge in [-0.25, -0.2) is 0 Å². The summed E-state index contributed by atoms with van der Waals surface area (Å²) in [7, 11) is 0. The van der Waals surface area contributed by atoms with Gasteiger partial charge < -0.3 is 10.2 Å². The summed E-state index contributed by atoms with van der Waals surface area (Å²) in [4.78, 5) is 15.0. The molecule has 2 heterocycles. The van der Waals surface area contributed by atoms with Crippen molar-refractivity contribution in [1.82, 2.24) is 10.2 Å². The van der Waals surface area contributed by atoms with Crippen LogP contribution in [0.2, 0.25) is 0 Å². The van der Waals surface area contributed by atoms with E-state index in [1.165, 1.54) is 5.69 Å². The van der Waals surface area contributed by atoms with E-state index in [1.807, 2.05) is 30.3 Å². The van der Waals surface area contributed by atoms with Crippen LogP contribution in [0, 0.1) is 5.92 Å². The third kappa shape index (κ3) is 3.31. The number of rotatable bonds is 3. The largest absolute Gasteiger partial charge is 0.371 e. The number of piperidine rings is 1. The lowest BCUT2D eigenvalue weighted by molar-refractivity contribution is -0.120. The maximum Gasteiger partial charge on any atom is 0.227 e. The number of para-hydroxylation sites is 1. The minimum Gasteiger partial charge on any atom is -0.371 e. The fourth-order valence-electron chi connectivity index (χ4n) is 3.38. The summed E-state index contributed by atoms with van der Waals surface area (Å²) in [5, 5.41) is 12.1. The van der Waals surface area contributed by atoms with Crippen molar-refractivity contribution < 1.29 is 4.79 Å². The average Bonchev–Trinajstić information content (AvgIpc) is 2.69. The number of carbonyl (C=O) groups is 1. The molecule has 4 rings (SSSR count). The zero-order valence-corrected chi connectivity index (χ0v) is 13.9. The van der Waals surface area contributed by atoms with E-state index in [0.717, 1.165) is 42.5 Å². The van der Waals surface area contributed by atoms with Crippen molar-refractivity contribution >= 4 is 28.2 Å². The molecule has 1 aliphatic heterocycles. The summed E-state index contributed by atoms with van der Waals surface area (Å²) >= 11 is 0. The first kappa shape index (κ1) is 15.6. The van der Waals surface area contributed by atoms with Crippen LogP contribution in [0.5, 0.6) is 0 Å². The standard InChI is InChI=1S/C20H20N4O/c25-20(22-19-14-21-23-18-9-5-4-8-17(18)19)15-10-12-24(13-11-15)16-6-2-1-3-7-16/h1-9,14-15H,10-13H2,(H,22,23,25). The summed E-state index contributed by atoms with van der Waals surface area (Å²) in [6.45, 7) is 1.80. The summed E-state index contributed by atoms with van der Waals surface area (Å²) in [6, 6.07) is 18.1. The Labute approximate surface area is 146 Å². The number of fused-ring (bicyclic) bond motifs is 1. The zero-order chi connectivity index (χ0) is 17.1. The normalized spacial score (nSPS) is 15.3. The number of hydrogen-bond donors (Lipinski definition) is 1. The second-order valence-electron chi connectivity index (χ2n) is 6.36. The number of nitrogens with zero attached hydrogens (tertiary/aromatic N) is 3. The Morgan fingerprint density at radius 3 is 2.52 bits per heavy atom. The molecule has 1 aromatic heterocycles. The molecule has 0 radical (unpaired) electrons. The molecule has 1 saturated heterocycles. The maximum atomic E-state index is 12.7. The van der Waals surface area contributed by atoms with Gasteiger partial charge in [-0.3, -0.25) is 4.79 Å². The first-order chi connectivity index (χ1) is 12.3. The molecule has 0 bridgehead atoms. The van der Waals surface area contributed by atoms with Crippen LogP contribution in [-0.2, 0) is 4.79 Å². The Hall–Kier alpha value is -2.95. The van der Waals surface area contributed by atoms with E-state index in [4.69, 9.17) is 0 Å². The SMILES string of the molecule is O=C(Nc1cnnc2ccccc12)C1CCN(c2ccccc2)CC1. The molecule has 0 spiro atoms. The summed E-state index contributed by atoms with van der Waals surface area (Å²) < 4.78 is 0. The Morgan fingerprint density at radius 1 is 1.00 bits per heavy atom. The maximum absolute atomic E-state index is 12.7. The predicted molar refractivity (Wildman–Crippen MR) is 99.5 cm³/mol. The molecule has 3 aromatic rings. The highest BCUT2D eigenvalue weighted by Gasteiger charge is 2.25. The molecule has 25 heavy (non-hydrogen) atoms. The number of anilines is 2. The van der Waals surface area contributed by atoms with E-state index in [9.17, 15) is 4.79 Å². The highest BCUT2D eigenvalue weighted by atomic mass is 16.1. The van der Waals surface area contributed by atoms with Gasteiger partial charge in [0.1, 0.15) is 0 Å². The van der Waals surface area contributed by atoms with Crippen LogP contribution in [0.15, 0.2) is 60.8 Å². The van der Waals surface area contributed by atoms with Crippen molar-refractivity contribution in [3.63, 3.8) is 0 Å². The van der Waals surface area contributed by atoms with E-state index >= 15 is 0 Å². The molecule has 1 aliphatic rings. The molecular formula is C20H20N4O. The van der Waals surface area contributed by atoms with Crippen LogP contribution < -0.4 is 10.2 Å². The van der Waals surface area contributed by atoms with Crippen LogP contribution in [0.25, 0.3) is 10.9 Å². The molecule has 1 fully saturated rings. The van der Waals surface area contributed by atoms with Crippen LogP contribution in [0.1, 0.15) is 12.8 Å². The first-order valence-corrected chi connectivity index (χ1v) is 8.62. The molecule has 0 aliphatic carbocycles. The lowest BCUT2D eigenvalue weighted by atomic mass is 9.95. The number of hydrogen-bond acceptors (Lipinski definition) is 4. The summed E-state index contributed by atoms with van der Waals surface area (Å²) in [5.74, 6) is 0.109. The molecule has 126 valence electrons. The fraction of sp³-hybridized carbons (Fsp3) is 0.250. The summed E-state index contributed by atoms with van der Waals surface area (Å²) in [5.41, 5.74) is 2.76. The molecule has 0 unspecified atom stereocenters. The minimum absolute atomic E-state index is 0.0342. The molecule has 0 atom stereocenters. The van der Waals surface area contributed by atoms with E-state index in [0.29, 0.717) is 0 Å². The van der Waals surface area contributed by atoms with Crippen molar-refractivity contribution in [2.75, 3.05) is 23.3 Å². The van der Waals surface area contributed by atoms with Gasteiger partial charge in [0.2, 0.25) is 5.91 Å². The topological polar surface area (TPSA) is 58.1 Å². The molecule has 0 saturated carbocycles. The third-order valence-corrected chi connectivity index (χ3v) is 4.79. The molecule has 5 heteroatoms. The molecule has 2 aromatic carbocycles. The van der Waals surface area contributed by atoms with Gasteiger partial charge >= 0.3 is 0 Å². The van der Waals surface area contributed by atoms with E-state index in [2.05, 4.69) is 44.7 Å². The lowest BCUT2D eigenvalue weighted by Crippen LogP contribution is -2.38. The highest BCUT2D eigenvalue weighted by Crippen LogP contribution is 2.25. The van der Waals surface area contributed by atoms with Gasteiger partial charge in [0.25, 0.3) is 0 Å². The van der Waals surface area contributed by atoms with Gasteiger partial charge in [0.15, 0.2) is 0 Å². The zero-order valence-electron chi connectivity index (χ0n) is 13.9. The van der Waals surface area contributed by atoms with E-state index in [1.54, 1.807) is 6.20 Å². The van der Waals surface area contributed by atoms with Gasteiger partial charge in [-0.15, -0.1) is 0 Å². The first-order valence-electron chi connectivity index (χ1n) is 8.62. The number of aromatic nitrogens is 2. The van der Waals surface area contributed by atoms with E-state index < -0.39 is 0 Å². The minimum atomic E-state index is 0.0342. The van der Waals surface area contributed by atoms with Crippen molar-refractivity contribution in [2.24, 2.45) is 5.92 Å². The molecule has 5 nitrogen and oxygen atoms in total. The summed E-state index contributed by atoms with van der Waals surface area (Å²) in [6.07, 6.45) is 3.34. The van der Waals surface area contributed by atoms with E-state index in [-0.39, 0.29) is 11.8 Å². The van der Waals surface area contributed by atoms with Crippen LogP contribution >= 0.6 is 0 Å². The fourth-order valence-corrected chi connectivity index (χ4v) is 3.38. The third-order valence-electron chi connectivity index (χ3n) is 4.79. The second kappa shape index (κ2) is 6.89. The smallest absolute Gasteiger partial charge is 0.227 e. The number of benzene rings is 2. The van der Waals surface area contributed by atoms with Crippen LogP contribution in [0.4, 0.5) is 11.4 Å². The van der Waals surface area contributed by atoms with Crippen molar-refractivity contribution in [2.45, 2.75) is 12.8 Å². The number of carbonyl (C=O) groups excluding carboxylic acids is 1. The average molecular weight is 332 g/mol. The van der Waals surface area contributed by atoms with Gasteiger partial charge in [-0.2, -0.15) is 10.2 Å². The molecule has 1 amide bonds. The lowest BCUT2D eigenvalue weighted by Gasteiger charge is -2.33. The molecule has 1 N–H and O–H groups in total. The van der Waals surface area contributed by atoms with Crippen molar-refractivity contribution in [3.05, 3.63) is 60.8 Å². The van der Waals surface area contributed by atoms with Crippen LogP contribution in [0.3, 0.4) is 0 Å². The highest BCUT2D eigenvalue weighted by molar-refractivity contribution is 6.01. The monoisotopic (exact) mass is 332 g/mol. The second-order valence-corrected chi connectivity index (χ2v) is 6.36. The molecular weight excluding hydrogens is 312 g/mol. The van der Waals surface area contributed by atoms with Gasteiger partial charge in [-0.1, -0.05) is 36.4 Å². The predicted octanol–water partition coefficient (Wildman–Crippen LogP) is 3.48. The van der Waals surface area contributed by atoms with Gasteiger partial charge in [-0.05, 0) is 31.0 Å². The Morgan fingerprint density at radius 2 is 1.72 bits per heavy atom. The Bertz CT molecular complexity index is 868. The Balaban J connectivity index is 1.42. The Kier molecular flexibility index (Phi) is 4.29. The van der Waals surface area contributed by atoms with Gasteiger partial charge in [0, 0.05) is 30.1 Å². The quantitative estimate of drug-likeness (QED) is 0.798. The van der Waals surface area contributed by atoms with Crippen molar-refractivity contribution in [1.29, 1.82) is 0 Å². The number of amides is 1. The van der Waals surface area contributed by atoms with Crippen LogP contribution in [-0.4, -0.2) is 29.2 Å². The number of nitrogens with one attached hydrogen (secondary N) is 1. The van der Waals surface area contributed by atoms with Gasteiger partial charge in [0.05, 0.1) is 17.4 Å².